The van der Waals surface area contributed by atoms with E-state index in [0.717, 1.165) is 12.2 Å². The lowest BCUT2D eigenvalue weighted by Crippen LogP contribution is -2.33. The summed E-state index contributed by atoms with van der Waals surface area (Å²) in [4.78, 5) is 2.31. The zero-order chi connectivity index (χ0) is 11.5. The molecule has 1 aliphatic rings. The van der Waals surface area contributed by atoms with Gasteiger partial charge in [0.15, 0.2) is 0 Å². The van der Waals surface area contributed by atoms with Gasteiger partial charge in [-0.25, -0.2) is 4.39 Å². The predicted octanol–water partition coefficient (Wildman–Crippen LogP) is 3.18. The summed E-state index contributed by atoms with van der Waals surface area (Å²) in [7, 11) is 0. The van der Waals surface area contributed by atoms with Crippen LogP contribution in [0.25, 0.3) is 0 Å². The number of rotatable bonds is 3. The van der Waals surface area contributed by atoms with Gasteiger partial charge in [0.2, 0.25) is 0 Å². The van der Waals surface area contributed by atoms with Crippen LogP contribution >= 0.6 is 0 Å². The Kier molecular flexibility index (Phi) is 3.32. The van der Waals surface area contributed by atoms with E-state index in [0.29, 0.717) is 11.7 Å². The quantitative estimate of drug-likeness (QED) is 0.796. The molecule has 0 amide bonds. The van der Waals surface area contributed by atoms with E-state index in [4.69, 9.17) is 5.73 Å². The first-order valence-corrected chi connectivity index (χ1v) is 6.04. The fraction of sp³-hybridized carbons (Fsp3) is 0.538. The first kappa shape index (κ1) is 11.2. The second-order valence-corrected chi connectivity index (χ2v) is 4.43. The molecule has 0 aromatic heterocycles. The van der Waals surface area contributed by atoms with E-state index >= 15 is 0 Å². The maximum atomic E-state index is 13.0. The maximum absolute atomic E-state index is 13.0. The molecule has 2 N–H and O–H groups in total. The minimum Gasteiger partial charge on any atom is -0.397 e. The Bertz CT molecular complexity index is 359. The van der Waals surface area contributed by atoms with Crippen LogP contribution < -0.4 is 10.6 Å². The highest BCUT2D eigenvalue weighted by molar-refractivity contribution is 5.68. The van der Waals surface area contributed by atoms with E-state index in [2.05, 4.69) is 11.8 Å². The van der Waals surface area contributed by atoms with Crippen molar-refractivity contribution in [2.75, 3.05) is 17.2 Å². The first-order chi connectivity index (χ1) is 7.72. The molecule has 16 heavy (non-hydrogen) atoms. The second kappa shape index (κ2) is 4.73. The molecule has 1 aromatic rings. The normalized spacial score (nSPS) is 16.6. The molecular weight excluding hydrogens is 203 g/mol. The number of nitrogens with zero attached hydrogens (tertiary/aromatic N) is 1. The van der Waals surface area contributed by atoms with E-state index in [-0.39, 0.29) is 5.82 Å². The van der Waals surface area contributed by atoms with Gasteiger partial charge in [0.1, 0.15) is 5.82 Å². The van der Waals surface area contributed by atoms with E-state index in [1.54, 1.807) is 6.07 Å². The van der Waals surface area contributed by atoms with E-state index in [1.165, 1.54) is 37.8 Å². The number of anilines is 2. The van der Waals surface area contributed by atoms with E-state index in [1.807, 2.05) is 0 Å². The Balaban J connectivity index is 2.25. The maximum Gasteiger partial charge on any atom is 0.125 e. The number of halogens is 1. The van der Waals surface area contributed by atoms with Crippen molar-refractivity contribution in [1.82, 2.24) is 0 Å². The lowest BCUT2D eigenvalue weighted by molar-refractivity contribution is 0.614. The molecule has 0 heterocycles. The average Bonchev–Trinajstić information content (AvgIpc) is 2.75. The summed E-state index contributed by atoms with van der Waals surface area (Å²) in [5.74, 6) is -0.260. The van der Waals surface area contributed by atoms with Gasteiger partial charge in [-0.3, -0.25) is 0 Å². The summed E-state index contributed by atoms with van der Waals surface area (Å²) in [5.41, 5.74) is 7.42. The van der Waals surface area contributed by atoms with E-state index < -0.39 is 0 Å². The van der Waals surface area contributed by atoms with Crippen LogP contribution in [0.3, 0.4) is 0 Å². The minimum atomic E-state index is -0.260. The molecule has 2 rings (SSSR count). The molecule has 0 bridgehead atoms. The Labute approximate surface area is 96.2 Å². The summed E-state index contributed by atoms with van der Waals surface area (Å²) in [6, 6.07) is 5.28. The minimum absolute atomic E-state index is 0.260. The Morgan fingerprint density at radius 1 is 1.38 bits per heavy atom. The van der Waals surface area contributed by atoms with Crippen molar-refractivity contribution in [3.63, 3.8) is 0 Å². The molecule has 1 saturated carbocycles. The molecule has 2 nitrogen and oxygen atoms in total. The van der Waals surface area contributed by atoms with Gasteiger partial charge < -0.3 is 10.6 Å². The monoisotopic (exact) mass is 222 g/mol. The zero-order valence-electron chi connectivity index (χ0n) is 9.75. The van der Waals surface area contributed by atoms with E-state index in [9.17, 15) is 4.39 Å². The first-order valence-electron chi connectivity index (χ1n) is 6.04. The predicted molar refractivity (Wildman–Crippen MR) is 66.1 cm³/mol. The third kappa shape index (κ3) is 2.13. The zero-order valence-corrected chi connectivity index (χ0v) is 9.75. The van der Waals surface area contributed by atoms with Gasteiger partial charge in [-0.2, -0.15) is 0 Å². The highest BCUT2D eigenvalue weighted by Gasteiger charge is 2.22. The third-order valence-corrected chi connectivity index (χ3v) is 3.41. The average molecular weight is 222 g/mol. The van der Waals surface area contributed by atoms with Gasteiger partial charge in [0.25, 0.3) is 0 Å². The second-order valence-electron chi connectivity index (χ2n) is 4.43. The fourth-order valence-corrected chi connectivity index (χ4v) is 2.63. The van der Waals surface area contributed by atoms with Crippen LogP contribution in [0, 0.1) is 5.82 Å². The van der Waals surface area contributed by atoms with Crippen molar-refractivity contribution in [2.24, 2.45) is 0 Å². The summed E-state index contributed by atoms with van der Waals surface area (Å²) in [5, 5.41) is 0. The number of nitrogen functional groups attached to an aromatic ring is 1. The molecule has 0 aliphatic heterocycles. The van der Waals surface area contributed by atoms with Crippen molar-refractivity contribution in [2.45, 2.75) is 38.6 Å². The summed E-state index contributed by atoms with van der Waals surface area (Å²) >= 11 is 0. The van der Waals surface area contributed by atoms with Gasteiger partial charge in [-0.15, -0.1) is 0 Å². The SMILES string of the molecule is CCN(c1ccc(F)cc1N)C1CCCC1. The van der Waals surface area contributed by atoms with Crippen molar-refractivity contribution in [3.05, 3.63) is 24.0 Å². The molecule has 1 aliphatic carbocycles. The summed E-state index contributed by atoms with van der Waals surface area (Å²) < 4.78 is 13.0. The van der Waals surface area contributed by atoms with Crippen molar-refractivity contribution < 1.29 is 4.39 Å². The topological polar surface area (TPSA) is 29.3 Å². The molecule has 3 heteroatoms. The van der Waals surface area contributed by atoms with Crippen LogP contribution in [-0.2, 0) is 0 Å². The molecule has 1 aromatic carbocycles. The molecular formula is C13H19FN2. The number of hydrogen-bond acceptors (Lipinski definition) is 2. The Morgan fingerprint density at radius 2 is 2.06 bits per heavy atom. The molecule has 1 fully saturated rings. The highest BCUT2D eigenvalue weighted by atomic mass is 19.1. The van der Waals surface area contributed by atoms with Gasteiger partial charge in [-0.05, 0) is 38.0 Å². The Morgan fingerprint density at radius 3 is 2.62 bits per heavy atom. The van der Waals surface area contributed by atoms with Gasteiger partial charge in [0.05, 0.1) is 11.4 Å². The highest BCUT2D eigenvalue weighted by Crippen LogP contribution is 2.31. The van der Waals surface area contributed by atoms with Crippen LogP contribution in [0.5, 0.6) is 0 Å². The molecule has 0 radical (unpaired) electrons. The van der Waals surface area contributed by atoms with Gasteiger partial charge in [-0.1, -0.05) is 12.8 Å². The van der Waals surface area contributed by atoms with Crippen LogP contribution in [0.15, 0.2) is 18.2 Å². The lowest BCUT2D eigenvalue weighted by Gasteiger charge is -2.31. The molecule has 0 spiro atoms. The molecule has 88 valence electrons. The largest absolute Gasteiger partial charge is 0.397 e. The van der Waals surface area contributed by atoms with Crippen molar-refractivity contribution in [3.8, 4) is 0 Å². The Hall–Kier alpha value is -1.25. The van der Waals surface area contributed by atoms with Crippen LogP contribution in [-0.4, -0.2) is 12.6 Å². The van der Waals surface area contributed by atoms with Gasteiger partial charge in [0, 0.05) is 12.6 Å². The molecule has 0 unspecified atom stereocenters. The number of hydrogen-bond donors (Lipinski definition) is 1. The third-order valence-electron chi connectivity index (χ3n) is 3.41. The number of benzene rings is 1. The standard InChI is InChI=1S/C13H19FN2/c1-2-16(11-5-3-4-6-11)13-8-7-10(14)9-12(13)15/h7-9,11H,2-6,15H2,1H3. The lowest BCUT2D eigenvalue weighted by atomic mass is 10.1. The molecule has 0 atom stereocenters. The van der Waals surface area contributed by atoms with Crippen LogP contribution in [0.4, 0.5) is 15.8 Å². The van der Waals surface area contributed by atoms with Crippen LogP contribution in [0.2, 0.25) is 0 Å². The number of nitrogens with two attached hydrogens (primary N) is 1. The molecule has 0 saturated heterocycles. The van der Waals surface area contributed by atoms with Crippen molar-refractivity contribution >= 4 is 11.4 Å². The summed E-state index contributed by atoms with van der Waals surface area (Å²) in [6.45, 7) is 3.06. The fourth-order valence-electron chi connectivity index (χ4n) is 2.63. The van der Waals surface area contributed by atoms with Gasteiger partial charge >= 0.3 is 0 Å². The van der Waals surface area contributed by atoms with Crippen molar-refractivity contribution in [1.29, 1.82) is 0 Å². The van der Waals surface area contributed by atoms with Crippen LogP contribution in [0.1, 0.15) is 32.6 Å². The summed E-state index contributed by atoms with van der Waals surface area (Å²) in [6.07, 6.45) is 5.04. The smallest absolute Gasteiger partial charge is 0.125 e.